The number of carbonyl (C=O) groups is 2. The molecule has 8 nitrogen and oxygen atoms in total. The highest BCUT2D eigenvalue weighted by Crippen LogP contribution is 2.34. The van der Waals surface area contributed by atoms with Crippen LogP contribution in [0.15, 0.2) is 54.6 Å². The van der Waals surface area contributed by atoms with Gasteiger partial charge in [-0.25, -0.2) is 14.6 Å². The molecule has 1 saturated heterocycles. The number of likely N-dealkylation sites (tertiary alicyclic amines) is 1. The number of carboxylic acid groups (broad SMARTS) is 1. The van der Waals surface area contributed by atoms with Crippen molar-refractivity contribution in [1.29, 1.82) is 0 Å². The van der Waals surface area contributed by atoms with Crippen molar-refractivity contribution in [3.63, 3.8) is 0 Å². The van der Waals surface area contributed by atoms with Crippen LogP contribution in [0.1, 0.15) is 55.4 Å². The van der Waals surface area contributed by atoms with E-state index >= 15 is 0 Å². The Balaban J connectivity index is 1.58. The highest BCUT2D eigenvalue weighted by molar-refractivity contribution is 5.96. The number of aromatic nitrogens is 2. The first kappa shape index (κ1) is 23.8. The molecular formula is C28H31N5O3. The number of carbonyl (C=O) groups excluding carboxylic acids is 1. The molecule has 36 heavy (non-hydrogen) atoms. The highest BCUT2D eigenvalue weighted by Gasteiger charge is 2.40. The third kappa shape index (κ3) is 4.18. The van der Waals surface area contributed by atoms with E-state index in [9.17, 15) is 14.7 Å². The van der Waals surface area contributed by atoms with Crippen LogP contribution < -0.4 is 11.1 Å². The molecule has 4 aromatic rings. The van der Waals surface area contributed by atoms with Crippen molar-refractivity contribution >= 4 is 39.5 Å². The van der Waals surface area contributed by atoms with Gasteiger partial charge in [-0.05, 0) is 80.3 Å². The van der Waals surface area contributed by atoms with Gasteiger partial charge in [0.2, 0.25) is 0 Å². The number of pyridine rings is 1. The number of hydrogen-bond donors (Lipinski definition) is 3. The normalized spacial score (nSPS) is 17.1. The molecule has 1 aliphatic rings. The van der Waals surface area contributed by atoms with E-state index in [0.29, 0.717) is 17.0 Å². The lowest BCUT2D eigenvalue weighted by Gasteiger charge is -2.34. The summed E-state index contributed by atoms with van der Waals surface area (Å²) in [5.41, 5.74) is 8.56. The van der Waals surface area contributed by atoms with E-state index < -0.39 is 5.97 Å². The molecule has 0 saturated carbocycles. The monoisotopic (exact) mass is 485 g/mol. The summed E-state index contributed by atoms with van der Waals surface area (Å²) in [6.07, 6.45) is 1.93. The Morgan fingerprint density at radius 1 is 1.14 bits per heavy atom. The number of aromatic carboxylic acids is 1. The van der Waals surface area contributed by atoms with E-state index in [1.165, 1.54) is 0 Å². The maximum Gasteiger partial charge on any atom is 0.352 e. The molecule has 1 unspecified atom stereocenters. The van der Waals surface area contributed by atoms with Gasteiger partial charge in [0.15, 0.2) is 0 Å². The van der Waals surface area contributed by atoms with Gasteiger partial charge in [-0.15, -0.1) is 0 Å². The van der Waals surface area contributed by atoms with Gasteiger partial charge in [0.1, 0.15) is 11.3 Å². The first-order chi connectivity index (χ1) is 17.2. The van der Waals surface area contributed by atoms with Gasteiger partial charge in [0, 0.05) is 29.2 Å². The first-order valence-corrected chi connectivity index (χ1v) is 12.2. The molecule has 0 bridgehead atoms. The van der Waals surface area contributed by atoms with Crippen LogP contribution in [-0.2, 0) is 13.1 Å². The van der Waals surface area contributed by atoms with Crippen LogP contribution in [0.3, 0.4) is 0 Å². The Morgan fingerprint density at radius 2 is 1.92 bits per heavy atom. The number of benzene rings is 2. The minimum absolute atomic E-state index is 0.127. The predicted molar refractivity (Wildman–Crippen MR) is 141 cm³/mol. The molecule has 1 fully saturated rings. The maximum atomic E-state index is 13.3. The quantitative estimate of drug-likeness (QED) is 0.360. The number of nitrogens with one attached hydrogen (secondary N) is 1. The van der Waals surface area contributed by atoms with E-state index in [2.05, 4.69) is 31.1 Å². The summed E-state index contributed by atoms with van der Waals surface area (Å²) in [6, 6.07) is 17.1. The molecule has 2 aromatic carbocycles. The zero-order chi connectivity index (χ0) is 25.6. The van der Waals surface area contributed by atoms with Crippen molar-refractivity contribution in [2.24, 2.45) is 5.73 Å². The summed E-state index contributed by atoms with van der Waals surface area (Å²) in [5, 5.41) is 15.7. The first-order valence-electron chi connectivity index (χ1n) is 12.2. The molecule has 1 aliphatic heterocycles. The Labute approximate surface area is 209 Å². The Kier molecular flexibility index (Phi) is 5.92. The Morgan fingerprint density at radius 3 is 2.61 bits per heavy atom. The third-order valence-corrected chi connectivity index (χ3v) is 7.24. The number of urea groups is 1. The van der Waals surface area contributed by atoms with Crippen molar-refractivity contribution in [3.05, 3.63) is 71.5 Å². The predicted octanol–water partition coefficient (Wildman–Crippen LogP) is 5.19. The van der Waals surface area contributed by atoms with Crippen LogP contribution in [0.4, 0.5) is 10.5 Å². The maximum absolute atomic E-state index is 13.3. The van der Waals surface area contributed by atoms with Crippen molar-refractivity contribution in [2.45, 2.75) is 58.3 Å². The Bertz CT molecular complexity index is 1490. The average Bonchev–Trinajstić information content (AvgIpc) is 3.34. The van der Waals surface area contributed by atoms with Gasteiger partial charge in [-0.2, -0.15) is 0 Å². The van der Waals surface area contributed by atoms with Crippen molar-refractivity contribution in [2.75, 3.05) is 5.32 Å². The minimum Gasteiger partial charge on any atom is -0.477 e. The fourth-order valence-corrected chi connectivity index (χ4v) is 5.45. The fraction of sp³-hybridized carbons (Fsp3) is 0.321. The van der Waals surface area contributed by atoms with Gasteiger partial charge in [0.25, 0.3) is 0 Å². The van der Waals surface area contributed by atoms with Crippen LogP contribution in [-0.4, -0.2) is 43.1 Å². The minimum atomic E-state index is -1.03. The smallest absolute Gasteiger partial charge is 0.352 e. The summed E-state index contributed by atoms with van der Waals surface area (Å²) in [6.45, 7) is 6.80. The summed E-state index contributed by atoms with van der Waals surface area (Å²) in [4.78, 5) is 32.0. The van der Waals surface area contributed by atoms with E-state index in [4.69, 9.17) is 5.73 Å². The second-order valence-electron chi connectivity index (χ2n) is 10.2. The molecule has 0 spiro atoms. The number of nitrogens with zero attached hydrogens (tertiary/aromatic N) is 3. The molecular weight excluding hydrogens is 454 g/mol. The summed E-state index contributed by atoms with van der Waals surface area (Å²) in [5.74, 6) is -1.03. The molecule has 0 aliphatic carbocycles. The van der Waals surface area contributed by atoms with Gasteiger partial charge in [-0.1, -0.05) is 24.3 Å². The van der Waals surface area contributed by atoms with Gasteiger partial charge in [-0.3, -0.25) is 0 Å². The number of amides is 2. The number of fused-ring (bicyclic) bond motifs is 2. The average molecular weight is 486 g/mol. The molecule has 1 atom stereocenters. The molecule has 8 heteroatoms. The molecule has 2 amide bonds. The largest absolute Gasteiger partial charge is 0.477 e. The lowest BCUT2D eigenvalue weighted by Crippen LogP contribution is -2.48. The van der Waals surface area contributed by atoms with Gasteiger partial charge in [0.05, 0.1) is 12.2 Å². The zero-order valence-electron chi connectivity index (χ0n) is 20.8. The van der Waals surface area contributed by atoms with Crippen molar-refractivity contribution in [1.82, 2.24) is 14.5 Å². The van der Waals surface area contributed by atoms with E-state index in [0.717, 1.165) is 34.6 Å². The molecule has 0 radical (unpaired) electrons. The van der Waals surface area contributed by atoms with E-state index in [-0.39, 0.29) is 36.4 Å². The second-order valence-corrected chi connectivity index (χ2v) is 10.2. The lowest BCUT2D eigenvalue weighted by molar-refractivity contribution is 0.0686. The second kappa shape index (κ2) is 8.95. The summed E-state index contributed by atoms with van der Waals surface area (Å²) >= 11 is 0. The number of nitrogens with two attached hydrogens (primary N) is 1. The number of rotatable bonds is 5. The van der Waals surface area contributed by atoms with Gasteiger partial charge >= 0.3 is 12.0 Å². The van der Waals surface area contributed by atoms with Crippen LogP contribution in [0.25, 0.3) is 21.8 Å². The SMILES string of the molecule is CC1CCC(C)(C)N1C(=O)Nc1cc(Cn2c(C(=O)O)cc3ccc(CN)nc32)c2ccccc2c1. The van der Waals surface area contributed by atoms with Crippen LogP contribution >= 0.6 is 0 Å². The lowest BCUT2D eigenvalue weighted by atomic mass is 10.0. The zero-order valence-corrected chi connectivity index (χ0v) is 20.8. The number of hydrogen-bond acceptors (Lipinski definition) is 4. The molecule has 186 valence electrons. The molecule has 4 N–H and O–H groups in total. The third-order valence-electron chi connectivity index (χ3n) is 7.24. The standard InChI is InChI=1S/C28H31N5O3/c1-17-10-11-28(2,3)33(17)27(36)31-22-12-18-6-4-5-7-23(18)20(13-22)16-32-24(26(34)35)14-19-8-9-21(15-29)30-25(19)32/h4-9,12-14,17H,10-11,15-16,29H2,1-3H3,(H,31,36)(H,34,35). The number of carboxylic acids is 1. The van der Waals surface area contributed by atoms with E-state index in [1.54, 1.807) is 10.6 Å². The highest BCUT2D eigenvalue weighted by atomic mass is 16.4. The Hall–Kier alpha value is -3.91. The summed E-state index contributed by atoms with van der Waals surface area (Å²) in [7, 11) is 0. The molecule has 3 heterocycles. The van der Waals surface area contributed by atoms with Gasteiger partial charge < -0.3 is 25.6 Å². The van der Waals surface area contributed by atoms with E-state index in [1.807, 2.05) is 53.4 Å². The number of anilines is 1. The topological polar surface area (TPSA) is 113 Å². The summed E-state index contributed by atoms with van der Waals surface area (Å²) < 4.78 is 1.70. The molecule has 5 rings (SSSR count). The van der Waals surface area contributed by atoms with Crippen LogP contribution in [0.2, 0.25) is 0 Å². The molecule has 2 aromatic heterocycles. The fourth-order valence-electron chi connectivity index (χ4n) is 5.45. The van der Waals surface area contributed by atoms with Crippen molar-refractivity contribution in [3.8, 4) is 0 Å². The van der Waals surface area contributed by atoms with Crippen LogP contribution in [0, 0.1) is 0 Å². The van der Waals surface area contributed by atoms with Crippen molar-refractivity contribution < 1.29 is 14.7 Å². The van der Waals surface area contributed by atoms with Crippen LogP contribution in [0.5, 0.6) is 0 Å².